The highest BCUT2D eigenvalue weighted by Gasteiger charge is 2.30. The van der Waals surface area contributed by atoms with Gasteiger partial charge < -0.3 is 5.11 Å². The molecule has 0 bridgehead atoms. The van der Waals surface area contributed by atoms with Gasteiger partial charge in [-0.2, -0.15) is 0 Å². The van der Waals surface area contributed by atoms with Crippen molar-refractivity contribution in [2.75, 3.05) is 5.75 Å². The van der Waals surface area contributed by atoms with Gasteiger partial charge in [-0.05, 0) is 24.0 Å². The molecule has 21 heavy (non-hydrogen) atoms. The second-order valence-corrected chi connectivity index (χ2v) is 7.12. The molecule has 0 atom stereocenters. The van der Waals surface area contributed by atoms with Gasteiger partial charge in [0, 0.05) is 5.56 Å². The Labute approximate surface area is 122 Å². The van der Waals surface area contributed by atoms with Crippen LogP contribution in [-0.2, 0) is 16.3 Å². The molecule has 0 saturated heterocycles. The number of rotatable bonds is 6. The Kier molecular flexibility index (Phi) is 5.44. The van der Waals surface area contributed by atoms with Crippen molar-refractivity contribution in [3.8, 4) is 0 Å². The van der Waals surface area contributed by atoms with E-state index < -0.39 is 32.7 Å². The minimum absolute atomic E-state index is 0.0504. The summed E-state index contributed by atoms with van der Waals surface area (Å²) in [5.74, 6) is -1.88. The predicted molar refractivity (Wildman–Crippen MR) is 74.6 cm³/mol. The zero-order chi connectivity index (χ0) is 16.4. The van der Waals surface area contributed by atoms with Crippen LogP contribution in [0.2, 0.25) is 0 Å². The standard InChI is InChI=1S/C14H18F2O4S/c1-4-9-10(14(17)18)5-6-11(13(15)16)12(9)21(19,20)7-8(2)3/h5-6,8,13H,4,7H2,1-3H3,(H,17,18). The molecule has 0 aliphatic carbocycles. The van der Waals surface area contributed by atoms with Crippen molar-refractivity contribution in [3.05, 3.63) is 28.8 Å². The maximum atomic E-state index is 13.1. The smallest absolute Gasteiger partial charge is 0.336 e. The largest absolute Gasteiger partial charge is 0.478 e. The molecule has 0 amide bonds. The van der Waals surface area contributed by atoms with E-state index in [0.717, 1.165) is 12.1 Å². The van der Waals surface area contributed by atoms with Gasteiger partial charge in [0.05, 0.1) is 16.2 Å². The molecule has 1 aromatic rings. The lowest BCUT2D eigenvalue weighted by atomic mass is 10.0. The summed E-state index contributed by atoms with van der Waals surface area (Å²) in [6.45, 7) is 4.87. The zero-order valence-corrected chi connectivity index (χ0v) is 12.9. The molecule has 0 aromatic heterocycles. The van der Waals surface area contributed by atoms with E-state index >= 15 is 0 Å². The van der Waals surface area contributed by atoms with E-state index in [1.165, 1.54) is 0 Å². The fourth-order valence-corrected chi connectivity index (χ4v) is 4.45. The van der Waals surface area contributed by atoms with Crippen LogP contribution in [0.4, 0.5) is 8.78 Å². The number of halogens is 2. The van der Waals surface area contributed by atoms with Gasteiger partial charge in [-0.1, -0.05) is 26.8 Å². The van der Waals surface area contributed by atoms with Crippen molar-refractivity contribution in [1.82, 2.24) is 0 Å². The molecule has 0 aliphatic heterocycles. The molecule has 1 aromatic carbocycles. The van der Waals surface area contributed by atoms with Gasteiger partial charge in [0.25, 0.3) is 6.43 Å². The number of hydrogen-bond acceptors (Lipinski definition) is 3. The van der Waals surface area contributed by atoms with Crippen LogP contribution in [0.15, 0.2) is 17.0 Å². The second-order valence-electron chi connectivity index (χ2n) is 5.14. The summed E-state index contributed by atoms with van der Waals surface area (Å²) in [4.78, 5) is 10.7. The van der Waals surface area contributed by atoms with Gasteiger partial charge >= 0.3 is 5.97 Å². The van der Waals surface area contributed by atoms with E-state index in [9.17, 15) is 22.0 Å². The highest BCUT2D eigenvalue weighted by atomic mass is 32.2. The first-order valence-corrected chi connectivity index (χ1v) is 8.17. The molecular weight excluding hydrogens is 302 g/mol. The second kappa shape index (κ2) is 6.51. The number of sulfone groups is 1. The third kappa shape index (κ3) is 3.78. The van der Waals surface area contributed by atoms with Gasteiger partial charge in [-0.3, -0.25) is 0 Å². The first-order valence-electron chi connectivity index (χ1n) is 6.51. The summed E-state index contributed by atoms with van der Waals surface area (Å²) in [6, 6.07) is 1.93. The summed E-state index contributed by atoms with van der Waals surface area (Å²) < 4.78 is 51.1. The number of carboxylic acid groups (broad SMARTS) is 1. The number of alkyl halides is 2. The number of carbonyl (C=O) groups is 1. The summed E-state index contributed by atoms with van der Waals surface area (Å²) >= 11 is 0. The van der Waals surface area contributed by atoms with Crippen LogP contribution >= 0.6 is 0 Å². The molecule has 118 valence electrons. The Morgan fingerprint density at radius 3 is 2.24 bits per heavy atom. The summed E-state index contributed by atoms with van der Waals surface area (Å²) in [7, 11) is -3.98. The van der Waals surface area contributed by atoms with Crippen LogP contribution in [0.5, 0.6) is 0 Å². The van der Waals surface area contributed by atoms with E-state index in [4.69, 9.17) is 5.11 Å². The van der Waals surface area contributed by atoms with Crippen molar-refractivity contribution in [2.45, 2.75) is 38.5 Å². The maximum Gasteiger partial charge on any atom is 0.336 e. The van der Waals surface area contributed by atoms with E-state index in [1.54, 1.807) is 20.8 Å². The molecule has 0 fully saturated rings. The molecule has 4 nitrogen and oxygen atoms in total. The quantitative estimate of drug-likeness (QED) is 0.873. The van der Waals surface area contributed by atoms with Crippen LogP contribution in [-0.4, -0.2) is 25.2 Å². The molecule has 0 saturated carbocycles. The highest BCUT2D eigenvalue weighted by Crippen LogP contribution is 2.33. The van der Waals surface area contributed by atoms with Crippen molar-refractivity contribution < 1.29 is 27.1 Å². The van der Waals surface area contributed by atoms with Gasteiger partial charge in [0.15, 0.2) is 9.84 Å². The number of carboxylic acids is 1. The first kappa shape index (κ1) is 17.6. The van der Waals surface area contributed by atoms with E-state index in [2.05, 4.69) is 0 Å². The molecular formula is C14H18F2O4S. The summed E-state index contributed by atoms with van der Waals surface area (Å²) in [5, 5.41) is 9.12. The fourth-order valence-electron chi connectivity index (χ4n) is 2.26. The minimum atomic E-state index is -3.98. The Hall–Kier alpha value is -1.50. The van der Waals surface area contributed by atoms with Crippen LogP contribution in [0.3, 0.4) is 0 Å². The van der Waals surface area contributed by atoms with Crippen LogP contribution < -0.4 is 0 Å². The lowest BCUT2D eigenvalue weighted by Gasteiger charge is -2.17. The van der Waals surface area contributed by atoms with E-state index in [0.29, 0.717) is 0 Å². The third-order valence-corrected chi connectivity index (χ3v) is 5.18. The summed E-state index contributed by atoms with van der Waals surface area (Å²) in [5.41, 5.74) is -0.928. The molecule has 1 N–H and O–H groups in total. The van der Waals surface area contributed by atoms with E-state index in [1.807, 2.05) is 0 Å². The lowest BCUT2D eigenvalue weighted by molar-refractivity contribution is 0.0694. The monoisotopic (exact) mass is 320 g/mol. The number of aromatic carboxylic acids is 1. The first-order chi connectivity index (χ1) is 9.61. The number of hydrogen-bond donors (Lipinski definition) is 1. The average Bonchev–Trinajstić information content (AvgIpc) is 2.34. The molecule has 0 heterocycles. The van der Waals surface area contributed by atoms with Crippen LogP contribution in [0, 0.1) is 5.92 Å². The van der Waals surface area contributed by atoms with Gasteiger partial charge in [-0.25, -0.2) is 22.0 Å². The molecule has 1 rings (SSSR count). The van der Waals surface area contributed by atoms with Crippen LogP contribution in [0.25, 0.3) is 0 Å². The van der Waals surface area contributed by atoms with Crippen molar-refractivity contribution in [1.29, 1.82) is 0 Å². The Morgan fingerprint density at radius 1 is 1.29 bits per heavy atom. The molecule has 0 unspecified atom stereocenters. The molecule has 7 heteroatoms. The lowest BCUT2D eigenvalue weighted by Crippen LogP contribution is -2.18. The van der Waals surface area contributed by atoms with Crippen molar-refractivity contribution in [2.24, 2.45) is 5.92 Å². The predicted octanol–water partition coefficient (Wildman–Crippen LogP) is 3.31. The fraction of sp³-hybridized carbons (Fsp3) is 0.500. The SMILES string of the molecule is CCc1c(C(=O)O)ccc(C(F)F)c1S(=O)(=O)CC(C)C. The molecule has 0 spiro atoms. The molecule has 0 aliphatic rings. The van der Waals surface area contributed by atoms with Crippen LogP contribution in [0.1, 0.15) is 48.7 Å². The molecule has 0 radical (unpaired) electrons. The minimum Gasteiger partial charge on any atom is -0.478 e. The van der Waals surface area contributed by atoms with Gasteiger partial charge in [0.1, 0.15) is 0 Å². The Morgan fingerprint density at radius 2 is 1.86 bits per heavy atom. The maximum absolute atomic E-state index is 13.1. The normalized spacial score (nSPS) is 12.1. The Bertz CT molecular complexity index is 637. The average molecular weight is 320 g/mol. The topological polar surface area (TPSA) is 71.4 Å². The third-order valence-electron chi connectivity index (χ3n) is 2.97. The number of benzene rings is 1. The highest BCUT2D eigenvalue weighted by molar-refractivity contribution is 7.91. The Balaban J connectivity index is 3.73. The summed E-state index contributed by atoms with van der Waals surface area (Å²) in [6.07, 6.45) is -2.93. The van der Waals surface area contributed by atoms with Gasteiger partial charge in [0.2, 0.25) is 0 Å². The van der Waals surface area contributed by atoms with Crippen molar-refractivity contribution in [3.63, 3.8) is 0 Å². The van der Waals surface area contributed by atoms with Crippen molar-refractivity contribution >= 4 is 15.8 Å². The van der Waals surface area contributed by atoms with E-state index in [-0.39, 0.29) is 29.2 Å². The zero-order valence-electron chi connectivity index (χ0n) is 12.1. The van der Waals surface area contributed by atoms with Gasteiger partial charge in [-0.15, -0.1) is 0 Å².